The minimum atomic E-state index is 0.616. The highest BCUT2D eigenvalue weighted by Crippen LogP contribution is 2.31. The molecule has 0 amide bonds. The Morgan fingerprint density at radius 1 is 1.48 bits per heavy atom. The molecule has 1 heterocycles. The van der Waals surface area contributed by atoms with Gasteiger partial charge in [0.2, 0.25) is 0 Å². The van der Waals surface area contributed by atoms with E-state index in [0.717, 1.165) is 42.6 Å². The summed E-state index contributed by atoms with van der Waals surface area (Å²) >= 11 is 6.27. The van der Waals surface area contributed by atoms with E-state index in [4.69, 9.17) is 16.3 Å². The number of ether oxygens (including phenoxy) is 1. The number of halogens is 1. The Kier molecular flexibility index (Phi) is 6.27. The molecule has 2 rings (SSSR count). The predicted octanol–water partition coefficient (Wildman–Crippen LogP) is 3.10. The number of aromatic nitrogens is 1. The molecule has 1 N–H and O–H groups in total. The Hall–Kier alpha value is -0.840. The van der Waals surface area contributed by atoms with Crippen molar-refractivity contribution >= 4 is 17.4 Å². The maximum absolute atomic E-state index is 6.27. The predicted molar refractivity (Wildman–Crippen MR) is 88.0 cm³/mol. The van der Waals surface area contributed by atoms with Crippen LogP contribution in [-0.2, 0) is 11.3 Å². The molecule has 1 aromatic rings. The van der Waals surface area contributed by atoms with Crippen LogP contribution in [0.3, 0.4) is 0 Å². The van der Waals surface area contributed by atoms with Gasteiger partial charge < -0.3 is 15.0 Å². The van der Waals surface area contributed by atoms with E-state index in [1.54, 1.807) is 13.3 Å². The smallest absolute Gasteiger partial charge is 0.129 e. The van der Waals surface area contributed by atoms with E-state index in [1.165, 1.54) is 12.8 Å². The average Bonchev–Trinajstić information content (AvgIpc) is 3.26. The van der Waals surface area contributed by atoms with Crippen LogP contribution in [0.1, 0.15) is 32.3 Å². The first-order chi connectivity index (χ1) is 10.1. The van der Waals surface area contributed by atoms with Gasteiger partial charge in [0, 0.05) is 32.4 Å². The van der Waals surface area contributed by atoms with E-state index in [2.05, 4.69) is 35.1 Å². The summed E-state index contributed by atoms with van der Waals surface area (Å²) in [4.78, 5) is 6.85. The van der Waals surface area contributed by atoms with Crippen LogP contribution in [0.15, 0.2) is 12.3 Å². The summed E-state index contributed by atoms with van der Waals surface area (Å²) < 4.78 is 5.21. The summed E-state index contributed by atoms with van der Waals surface area (Å²) in [7, 11) is 1.74. The number of methoxy groups -OCH3 is 1. The molecule has 0 spiro atoms. The zero-order valence-electron chi connectivity index (χ0n) is 13.2. The van der Waals surface area contributed by atoms with Gasteiger partial charge >= 0.3 is 0 Å². The molecule has 0 radical (unpaired) electrons. The van der Waals surface area contributed by atoms with Crippen LogP contribution < -0.4 is 10.2 Å². The van der Waals surface area contributed by atoms with Crippen molar-refractivity contribution in [2.24, 2.45) is 5.92 Å². The summed E-state index contributed by atoms with van der Waals surface area (Å²) in [6, 6.07) is 2.73. The lowest BCUT2D eigenvalue weighted by Crippen LogP contribution is -2.30. The number of rotatable bonds is 9. The van der Waals surface area contributed by atoms with Crippen molar-refractivity contribution in [3.8, 4) is 0 Å². The van der Waals surface area contributed by atoms with Crippen molar-refractivity contribution in [2.45, 2.75) is 39.3 Å². The summed E-state index contributed by atoms with van der Waals surface area (Å²) in [5.74, 6) is 1.65. The maximum atomic E-state index is 6.27. The molecule has 0 aliphatic heterocycles. The Balaban J connectivity index is 2.04. The molecule has 0 aromatic carbocycles. The van der Waals surface area contributed by atoms with Gasteiger partial charge in [0.25, 0.3) is 0 Å². The lowest BCUT2D eigenvalue weighted by molar-refractivity contribution is 0.204. The first kappa shape index (κ1) is 16.5. The monoisotopic (exact) mass is 311 g/mol. The van der Waals surface area contributed by atoms with E-state index >= 15 is 0 Å². The third-order valence-electron chi connectivity index (χ3n) is 3.61. The summed E-state index contributed by atoms with van der Waals surface area (Å²) in [5, 5.41) is 4.17. The zero-order chi connectivity index (χ0) is 15.2. The molecule has 118 valence electrons. The third kappa shape index (κ3) is 5.13. The van der Waals surface area contributed by atoms with E-state index in [9.17, 15) is 0 Å². The molecule has 4 nitrogen and oxygen atoms in total. The molecule has 1 saturated carbocycles. The normalized spacial score (nSPS) is 14.7. The molecular formula is C16H26ClN3O. The zero-order valence-corrected chi connectivity index (χ0v) is 14.0. The van der Waals surface area contributed by atoms with Crippen LogP contribution in [0.2, 0.25) is 5.02 Å². The van der Waals surface area contributed by atoms with Crippen molar-refractivity contribution in [1.29, 1.82) is 0 Å². The molecular weight excluding hydrogens is 286 g/mol. The van der Waals surface area contributed by atoms with Crippen LogP contribution in [0.5, 0.6) is 0 Å². The fourth-order valence-corrected chi connectivity index (χ4v) is 2.49. The van der Waals surface area contributed by atoms with Gasteiger partial charge in [0.15, 0.2) is 0 Å². The fourth-order valence-electron chi connectivity index (χ4n) is 2.32. The summed E-state index contributed by atoms with van der Waals surface area (Å²) in [6.45, 7) is 7.79. The number of hydrogen-bond acceptors (Lipinski definition) is 4. The number of nitrogens with zero attached hydrogens (tertiary/aromatic N) is 2. The number of hydrogen-bond donors (Lipinski definition) is 1. The Morgan fingerprint density at radius 2 is 2.24 bits per heavy atom. The summed E-state index contributed by atoms with van der Waals surface area (Å²) in [5.41, 5.74) is 1.12. The second-order valence-corrected chi connectivity index (χ2v) is 6.48. The van der Waals surface area contributed by atoms with E-state index in [0.29, 0.717) is 12.0 Å². The quantitative estimate of drug-likeness (QED) is 0.760. The Labute approximate surface area is 132 Å². The number of pyridine rings is 1. The number of anilines is 1. The van der Waals surface area contributed by atoms with Gasteiger partial charge in [-0.15, -0.1) is 0 Å². The van der Waals surface area contributed by atoms with Crippen LogP contribution in [-0.4, -0.2) is 37.8 Å². The van der Waals surface area contributed by atoms with Crippen LogP contribution in [0, 0.1) is 5.92 Å². The van der Waals surface area contributed by atoms with Crippen molar-refractivity contribution in [3.63, 3.8) is 0 Å². The highest BCUT2D eigenvalue weighted by atomic mass is 35.5. The van der Waals surface area contributed by atoms with Crippen molar-refractivity contribution in [1.82, 2.24) is 10.3 Å². The second kappa shape index (κ2) is 7.97. The highest BCUT2D eigenvalue weighted by Gasteiger charge is 2.29. The van der Waals surface area contributed by atoms with Crippen LogP contribution in [0.25, 0.3) is 0 Å². The highest BCUT2D eigenvalue weighted by molar-refractivity contribution is 6.31. The lowest BCUT2D eigenvalue weighted by Gasteiger charge is -2.24. The molecule has 1 aliphatic rings. The molecule has 0 bridgehead atoms. The van der Waals surface area contributed by atoms with Crippen molar-refractivity contribution in [3.05, 3.63) is 22.8 Å². The summed E-state index contributed by atoms with van der Waals surface area (Å²) in [6.07, 6.45) is 4.26. The molecule has 1 fully saturated rings. The largest absolute Gasteiger partial charge is 0.383 e. The SMILES string of the molecule is COCCN(c1cc(CNCC(C)C)c(Cl)cn1)C1CC1. The van der Waals surface area contributed by atoms with Gasteiger partial charge in [0.1, 0.15) is 5.82 Å². The average molecular weight is 312 g/mol. The molecule has 21 heavy (non-hydrogen) atoms. The number of nitrogens with one attached hydrogen (secondary N) is 1. The molecule has 0 saturated heterocycles. The van der Waals surface area contributed by atoms with Gasteiger partial charge in [-0.05, 0) is 36.9 Å². The van der Waals surface area contributed by atoms with E-state index < -0.39 is 0 Å². The van der Waals surface area contributed by atoms with Crippen molar-refractivity contribution in [2.75, 3.05) is 31.7 Å². The van der Waals surface area contributed by atoms with Crippen LogP contribution in [0.4, 0.5) is 5.82 Å². The van der Waals surface area contributed by atoms with Crippen molar-refractivity contribution < 1.29 is 4.74 Å². The second-order valence-electron chi connectivity index (χ2n) is 6.08. The third-order valence-corrected chi connectivity index (χ3v) is 3.95. The van der Waals surface area contributed by atoms with E-state index in [1.807, 2.05) is 0 Å². The maximum Gasteiger partial charge on any atom is 0.129 e. The van der Waals surface area contributed by atoms with Gasteiger partial charge in [-0.25, -0.2) is 4.98 Å². The Morgan fingerprint density at radius 3 is 2.86 bits per heavy atom. The topological polar surface area (TPSA) is 37.4 Å². The molecule has 0 atom stereocenters. The lowest BCUT2D eigenvalue weighted by atomic mass is 10.2. The molecule has 5 heteroatoms. The first-order valence-corrected chi connectivity index (χ1v) is 8.10. The minimum absolute atomic E-state index is 0.616. The van der Waals surface area contributed by atoms with Gasteiger partial charge in [-0.3, -0.25) is 0 Å². The van der Waals surface area contributed by atoms with Gasteiger partial charge in [0.05, 0.1) is 11.6 Å². The van der Waals surface area contributed by atoms with Crippen LogP contribution >= 0.6 is 11.6 Å². The molecule has 1 aromatic heterocycles. The fraction of sp³-hybridized carbons (Fsp3) is 0.688. The minimum Gasteiger partial charge on any atom is -0.383 e. The van der Waals surface area contributed by atoms with Gasteiger partial charge in [-0.2, -0.15) is 0 Å². The standard InChI is InChI=1S/C16H26ClN3O/c1-12(2)9-18-10-13-8-16(19-11-15(13)17)20(6-7-21-3)14-4-5-14/h8,11-12,14,18H,4-7,9-10H2,1-3H3. The molecule has 1 aliphatic carbocycles. The Bertz CT molecular complexity index is 449. The first-order valence-electron chi connectivity index (χ1n) is 7.72. The van der Waals surface area contributed by atoms with E-state index in [-0.39, 0.29) is 0 Å². The van der Waals surface area contributed by atoms with Gasteiger partial charge in [-0.1, -0.05) is 25.4 Å². The molecule has 0 unspecified atom stereocenters.